The van der Waals surface area contributed by atoms with Crippen LogP contribution >= 0.6 is 0 Å². The summed E-state index contributed by atoms with van der Waals surface area (Å²) < 4.78 is 13.6. The number of methoxy groups -OCH3 is 2. The Labute approximate surface area is 92.8 Å². The van der Waals surface area contributed by atoms with Crippen molar-refractivity contribution in [1.82, 2.24) is 0 Å². The van der Waals surface area contributed by atoms with Crippen LogP contribution in [0.2, 0.25) is 0 Å². The van der Waals surface area contributed by atoms with Gasteiger partial charge in [0.1, 0.15) is 0 Å². The molecule has 0 spiro atoms. The number of ether oxygens (including phenoxy) is 3. The van der Waals surface area contributed by atoms with Gasteiger partial charge in [0.2, 0.25) is 0 Å². The van der Waals surface area contributed by atoms with Gasteiger partial charge in [0, 0.05) is 0 Å². The van der Waals surface area contributed by atoms with Crippen LogP contribution in [-0.2, 0) is 28.6 Å². The second-order valence-corrected chi connectivity index (χ2v) is 3.85. The van der Waals surface area contributed by atoms with E-state index in [9.17, 15) is 14.4 Å². The van der Waals surface area contributed by atoms with Gasteiger partial charge in [0.25, 0.3) is 0 Å². The van der Waals surface area contributed by atoms with Gasteiger partial charge in [-0.05, 0) is 13.3 Å². The molecule has 1 fully saturated rings. The van der Waals surface area contributed by atoms with E-state index in [4.69, 9.17) is 0 Å². The third kappa shape index (κ3) is 2.32. The molecule has 16 heavy (non-hydrogen) atoms. The first-order valence-corrected chi connectivity index (χ1v) is 4.77. The van der Waals surface area contributed by atoms with Crippen LogP contribution in [0.1, 0.15) is 13.3 Å². The zero-order valence-electron chi connectivity index (χ0n) is 9.44. The zero-order chi connectivity index (χ0) is 12.3. The average Bonchev–Trinajstić information content (AvgIpc) is 2.98. The van der Waals surface area contributed by atoms with Crippen LogP contribution in [0.3, 0.4) is 0 Å². The lowest BCUT2D eigenvalue weighted by molar-refractivity contribution is -0.160. The van der Waals surface area contributed by atoms with E-state index >= 15 is 0 Å². The van der Waals surface area contributed by atoms with Crippen LogP contribution in [-0.4, -0.2) is 38.7 Å². The molecule has 0 heterocycles. The van der Waals surface area contributed by atoms with Gasteiger partial charge in [-0.3, -0.25) is 9.59 Å². The first-order valence-electron chi connectivity index (χ1n) is 4.77. The Morgan fingerprint density at radius 2 is 1.88 bits per heavy atom. The molecule has 1 aliphatic carbocycles. The van der Waals surface area contributed by atoms with Crippen molar-refractivity contribution in [2.75, 3.05) is 20.8 Å². The highest BCUT2D eigenvalue weighted by molar-refractivity contribution is 5.91. The van der Waals surface area contributed by atoms with Crippen LogP contribution in [0.25, 0.3) is 0 Å². The van der Waals surface area contributed by atoms with Gasteiger partial charge in [-0.25, -0.2) is 4.79 Å². The lowest BCUT2D eigenvalue weighted by Crippen LogP contribution is -2.22. The molecular formula is C10H14O6. The van der Waals surface area contributed by atoms with Gasteiger partial charge < -0.3 is 14.2 Å². The fraction of sp³-hybridized carbons (Fsp3) is 0.700. The maximum Gasteiger partial charge on any atom is 0.344 e. The Hall–Kier alpha value is -1.59. The molecule has 6 nitrogen and oxygen atoms in total. The van der Waals surface area contributed by atoms with E-state index in [2.05, 4.69) is 14.2 Å². The molecule has 0 saturated heterocycles. The van der Waals surface area contributed by atoms with Crippen LogP contribution in [0.5, 0.6) is 0 Å². The molecule has 2 atom stereocenters. The van der Waals surface area contributed by atoms with E-state index in [1.807, 2.05) is 0 Å². The summed E-state index contributed by atoms with van der Waals surface area (Å²) in [4.78, 5) is 33.4. The molecule has 0 aliphatic heterocycles. The van der Waals surface area contributed by atoms with Crippen molar-refractivity contribution in [1.29, 1.82) is 0 Å². The second-order valence-electron chi connectivity index (χ2n) is 3.85. The summed E-state index contributed by atoms with van der Waals surface area (Å²) in [6.07, 6.45) is 0.389. The third-order valence-corrected chi connectivity index (χ3v) is 2.73. The summed E-state index contributed by atoms with van der Waals surface area (Å²) in [6.45, 7) is 1.20. The first kappa shape index (κ1) is 12.5. The number of carbonyl (C=O) groups excluding carboxylic acids is 3. The minimum Gasteiger partial charge on any atom is -0.469 e. The Bertz CT molecular complexity index is 323. The van der Waals surface area contributed by atoms with E-state index in [0.717, 1.165) is 0 Å². The van der Waals surface area contributed by atoms with E-state index in [0.29, 0.717) is 6.42 Å². The summed E-state index contributed by atoms with van der Waals surface area (Å²) in [5.41, 5.74) is -0.804. The Kier molecular flexibility index (Phi) is 3.51. The minimum absolute atomic E-state index is 0.389. The van der Waals surface area contributed by atoms with Gasteiger partial charge in [-0.2, -0.15) is 0 Å². The molecule has 0 aromatic rings. The molecule has 1 saturated carbocycles. The molecule has 0 radical (unpaired) electrons. The Morgan fingerprint density at radius 1 is 1.25 bits per heavy atom. The van der Waals surface area contributed by atoms with E-state index in [-0.39, 0.29) is 0 Å². The molecule has 6 heteroatoms. The lowest BCUT2D eigenvalue weighted by atomic mass is 10.1. The lowest BCUT2D eigenvalue weighted by Gasteiger charge is -2.07. The molecule has 1 rings (SSSR count). The van der Waals surface area contributed by atoms with Crippen molar-refractivity contribution in [3.05, 3.63) is 0 Å². The van der Waals surface area contributed by atoms with E-state index < -0.39 is 35.8 Å². The number of hydrogen-bond donors (Lipinski definition) is 0. The monoisotopic (exact) mass is 230 g/mol. The summed E-state index contributed by atoms with van der Waals surface area (Å²) in [6, 6.07) is 0. The van der Waals surface area contributed by atoms with Crippen LogP contribution in [0.4, 0.5) is 0 Å². The summed E-state index contributed by atoms with van der Waals surface area (Å²) in [5.74, 6) is -2.16. The fourth-order valence-electron chi connectivity index (χ4n) is 1.46. The SMILES string of the molecule is COC(=O)COC(=O)[C@@H]1C[C@@]1(C)C(=O)OC. The molecule has 1 aliphatic rings. The van der Waals surface area contributed by atoms with Gasteiger partial charge >= 0.3 is 17.9 Å². The van der Waals surface area contributed by atoms with Crippen molar-refractivity contribution < 1.29 is 28.6 Å². The van der Waals surface area contributed by atoms with Crippen LogP contribution in [0.15, 0.2) is 0 Å². The standard InChI is InChI=1S/C10H14O6/c1-10(9(13)15-3)4-6(10)8(12)16-5-7(11)14-2/h6H,4-5H2,1-3H3/t6-,10+/m0/s1. The average molecular weight is 230 g/mol. The molecule has 0 N–H and O–H groups in total. The van der Waals surface area contributed by atoms with Gasteiger partial charge in [0.15, 0.2) is 6.61 Å². The number of rotatable bonds is 4. The maximum atomic E-state index is 11.4. The van der Waals surface area contributed by atoms with Gasteiger partial charge in [-0.1, -0.05) is 0 Å². The van der Waals surface area contributed by atoms with Crippen LogP contribution in [0, 0.1) is 11.3 Å². The summed E-state index contributed by atoms with van der Waals surface area (Å²) in [7, 11) is 2.47. The quantitative estimate of drug-likeness (QED) is 0.495. The third-order valence-electron chi connectivity index (χ3n) is 2.73. The van der Waals surface area contributed by atoms with Crippen molar-refractivity contribution in [3.63, 3.8) is 0 Å². The molecule has 0 bridgehead atoms. The fourth-order valence-corrected chi connectivity index (χ4v) is 1.46. The molecule has 0 aromatic heterocycles. The number of esters is 3. The molecular weight excluding hydrogens is 216 g/mol. The van der Waals surface area contributed by atoms with Crippen LogP contribution < -0.4 is 0 Å². The van der Waals surface area contributed by atoms with E-state index in [1.54, 1.807) is 6.92 Å². The highest BCUT2D eigenvalue weighted by Crippen LogP contribution is 2.53. The largest absolute Gasteiger partial charge is 0.469 e. The van der Waals surface area contributed by atoms with Crippen molar-refractivity contribution in [2.45, 2.75) is 13.3 Å². The molecule has 90 valence electrons. The van der Waals surface area contributed by atoms with Gasteiger partial charge in [0.05, 0.1) is 25.6 Å². The van der Waals surface area contributed by atoms with Crippen molar-refractivity contribution in [2.24, 2.45) is 11.3 Å². The zero-order valence-corrected chi connectivity index (χ0v) is 9.44. The number of carbonyl (C=O) groups is 3. The predicted octanol–water partition coefficient (Wildman–Crippen LogP) is -0.0982. The summed E-state index contributed by atoms with van der Waals surface area (Å²) in [5, 5.41) is 0. The normalized spacial score (nSPS) is 26.8. The molecule has 0 amide bonds. The second kappa shape index (κ2) is 4.51. The first-order chi connectivity index (χ1) is 7.45. The maximum absolute atomic E-state index is 11.4. The highest BCUT2D eigenvalue weighted by atomic mass is 16.6. The molecule has 0 aromatic carbocycles. The smallest absolute Gasteiger partial charge is 0.344 e. The van der Waals surface area contributed by atoms with Gasteiger partial charge in [-0.15, -0.1) is 0 Å². The summed E-state index contributed by atoms with van der Waals surface area (Å²) >= 11 is 0. The molecule has 0 unspecified atom stereocenters. The van der Waals surface area contributed by atoms with E-state index in [1.165, 1.54) is 14.2 Å². The topological polar surface area (TPSA) is 78.9 Å². The highest BCUT2D eigenvalue weighted by Gasteiger charge is 2.62. The Morgan fingerprint density at radius 3 is 2.38 bits per heavy atom. The van der Waals surface area contributed by atoms with Crippen molar-refractivity contribution in [3.8, 4) is 0 Å². The van der Waals surface area contributed by atoms with Crippen molar-refractivity contribution >= 4 is 17.9 Å². The number of hydrogen-bond acceptors (Lipinski definition) is 6. The minimum atomic E-state index is -0.804. The Balaban J connectivity index is 2.42. The predicted molar refractivity (Wildman–Crippen MR) is 51.2 cm³/mol.